The molecule has 0 radical (unpaired) electrons. The highest BCUT2D eigenvalue weighted by molar-refractivity contribution is 7.87. The molecule has 3 rings (SSSR count). The van der Waals surface area contributed by atoms with E-state index in [0.29, 0.717) is 11.3 Å². The third kappa shape index (κ3) is 9.23. The molecule has 1 aliphatic rings. The molecule has 1 saturated carbocycles. The van der Waals surface area contributed by atoms with E-state index in [2.05, 4.69) is 64.1 Å². The number of fused-ring (bicyclic) bond motifs is 1. The highest BCUT2D eigenvalue weighted by Gasteiger charge is 2.41. The average molecular weight is 606 g/mol. The Morgan fingerprint density at radius 2 is 1.49 bits per heavy atom. The minimum absolute atomic E-state index is 0.00780. The van der Waals surface area contributed by atoms with Crippen LogP contribution in [0.1, 0.15) is 100 Å². The van der Waals surface area contributed by atoms with Gasteiger partial charge < -0.3 is 9.16 Å². The Hall–Kier alpha value is -1.52. The van der Waals surface area contributed by atoms with E-state index in [1.165, 1.54) is 12.8 Å². The Kier molecular flexibility index (Phi) is 9.83. The third-order valence-electron chi connectivity index (χ3n) is 8.82. The molecule has 0 aliphatic heterocycles. The van der Waals surface area contributed by atoms with Crippen molar-refractivity contribution >= 4 is 29.4 Å². The van der Waals surface area contributed by atoms with Gasteiger partial charge in [-0.3, -0.25) is 0 Å². The van der Waals surface area contributed by atoms with Gasteiger partial charge in [0.05, 0.1) is 17.7 Å². The molecular weight excluding hydrogens is 551 g/mol. The normalized spacial score (nSPS) is 21.1. The second kappa shape index (κ2) is 11.9. The van der Waals surface area contributed by atoms with Crippen molar-refractivity contribution in [2.45, 2.75) is 130 Å². The van der Waals surface area contributed by atoms with Crippen molar-refractivity contribution in [3.05, 3.63) is 35.9 Å². The van der Waals surface area contributed by atoms with Gasteiger partial charge in [0.25, 0.3) is 10.2 Å². The Balaban J connectivity index is 1.86. The summed E-state index contributed by atoms with van der Waals surface area (Å²) in [4.78, 5) is 4.80. The van der Waals surface area contributed by atoms with Gasteiger partial charge >= 0.3 is 0 Å². The lowest BCUT2D eigenvalue weighted by Crippen LogP contribution is -2.56. The molecule has 1 atom stereocenters. The van der Waals surface area contributed by atoms with E-state index in [9.17, 15) is 8.42 Å². The van der Waals surface area contributed by atoms with Crippen molar-refractivity contribution in [2.24, 2.45) is 11.3 Å². The number of ether oxygens (including phenoxy) is 1. The molecule has 232 valence electrons. The Bertz CT molecular complexity index is 1300. The van der Waals surface area contributed by atoms with Crippen LogP contribution in [0.5, 0.6) is 5.88 Å². The summed E-state index contributed by atoms with van der Waals surface area (Å²) in [5, 5.41) is 0.916. The lowest BCUT2D eigenvalue weighted by molar-refractivity contribution is 0.0854. The summed E-state index contributed by atoms with van der Waals surface area (Å²) in [6.07, 6.45) is 4.66. The van der Waals surface area contributed by atoms with Crippen molar-refractivity contribution < 1.29 is 17.6 Å². The molecule has 0 saturated heterocycles. The maximum absolute atomic E-state index is 13.2. The van der Waals surface area contributed by atoms with E-state index in [1.807, 2.05) is 58.0 Å². The number of hydrogen-bond donors (Lipinski definition) is 2. The zero-order valence-corrected chi connectivity index (χ0v) is 29.4. The van der Waals surface area contributed by atoms with Crippen molar-refractivity contribution in [1.29, 1.82) is 0 Å². The molecule has 1 aliphatic carbocycles. The van der Waals surface area contributed by atoms with Crippen molar-refractivity contribution in [1.82, 2.24) is 14.4 Å². The molecule has 7 nitrogen and oxygen atoms in total. The number of aromatic nitrogens is 1. The standard InChI is InChI=1S/C32H55N3O4SSi/c1-29(2,3)24-14-17-26(18-15-24)39-28-20-13-23-21-25(16-19-27(23)33-28)32(10,22-38-41(11,12)31(7,8)9)35-40(36,37)34-30(4,5)6/h13,16,19-21,24,26,34-35H,14-15,17-18,22H2,1-12H3/t24?,26?,32-/m0/s1. The van der Waals surface area contributed by atoms with Crippen LogP contribution in [0.15, 0.2) is 30.3 Å². The minimum atomic E-state index is -3.84. The molecular formula is C32H55N3O4SSi. The average Bonchev–Trinajstić information content (AvgIpc) is 2.79. The number of rotatable bonds is 9. The molecule has 1 fully saturated rings. The fourth-order valence-corrected chi connectivity index (χ4v) is 7.88. The molecule has 41 heavy (non-hydrogen) atoms. The first kappa shape index (κ1) is 34.0. The van der Waals surface area contributed by atoms with Gasteiger partial charge in [-0.05, 0) is 107 Å². The van der Waals surface area contributed by atoms with Crippen LogP contribution in [0.3, 0.4) is 0 Å². The van der Waals surface area contributed by atoms with E-state index < -0.39 is 29.6 Å². The Labute approximate surface area is 250 Å². The van der Waals surface area contributed by atoms with Crippen LogP contribution >= 0.6 is 0 Å². The first-order valence-corrected chi connectivity index (χ1v) is 19.4. The number of nitrogens with zero attached hydrogens (tertiary/aromatic N) is 1. The van der Waals surface area contributed by atoms with Crippen LogP contribution in [0.25, 0.3) is 10.9 Å². The second-order valence-electron chi connectivity index (χ2n) is 15.9. The Morgan fingerprint density at radius 3 is 2.02 bits per heavy atom. The molecule has 0 spiro atoms. The first-order chi connectivity index (χ1) is 18.5. The minimum Gasteiger partial charge on any atom is -0.474 e. The lowest BCUT2D eigenvalue weighted by Gasteiger charge is -2.40. The molecule has 0 bridgehead atoms. The van der Waals surface area contributed by atoms with E-state index in [4.69, 9.17) is 14.1 Å². The quantitative estimate of drug-likeness (QED) is 0.286. The van der Waals surface area contributed by atoms with Crippen LogP contribution in [0.4, 0.5) is 0 Å². The Morgan fingerprint density at radius 1 is 0.878 bits per heavy atom. The fourth-order valence-electron chi connectivity index (χ4n) is 5.17. The van der Waals surface area contributed by atoms with Gasteiger partial charge in [0.1, 0.15) is 6.10 Å². The summed E-state index contributed by atoms with van der Waals surface area (Å²) in [6.45, 7) is 25.5. The summed E-state index contributed by atoms with van der Waals surface area (Å²) in [7, 11) is -5.99. The third-order valence-corrected chi connectivity index (χ3v) is 14.9. The highest BCUT2D eigenvalue weighted by atomic mass is 32.2. The molecule has 2 aromatic rings. The lowest BCUT2D eigenvalue weighted by atomic mass is 9.72. The zero-order chi connectivity index (χ0) is 31.1. The molecule has 2 N–H and O–H groups in total. The number of benzene rings is 1. The molecule has 0 amide bonds. The highest BCUT2D eigenvalue weighted by Crippen LogP contribution is 2.40. The van der Waals surface area contributed by atoms with Gasteiger partial charge in [-0.1, -0.05) is 47.6 Å². The smallest absolute Gasteiger partial charge is 0.278 e. The van der Waals surface area contributed by atoms with Crippen LogP contribution in [0.2, 0.25) is 18.1 Å². The first-order valence-electron chi connectivity index (χ1n) is 15.0. The topological polar surface area (TPSA) is 89.6 Å². The number of hydrogen-bond acceptors (Lipinski definition) is 5. The summed E-state index contributed by atoms with van der Waals surface area (Å²) in [6, 6.07) is 9.84. The van der Waals surface area contributed by atoms with Crippen LogP contribution in [-0.2, 0) is 20.2 Å². The van der Waals surface area contributed by atoms with Gasteiger partial charge in [-0.2, -0.15) is 17.9 Å². The number of nitrogens with one attached hydrogen (secondary N) is 2. The van der Waals surface area contributed by atoms with Crippen LogP contribution in [0, 0.1) is 11.3 Å². The SMILES string of the molecule is CC(C)(C)NS(=O)(=O)N[C@@](C)(CO[Si](C)(C)C(C)(C)C)c1ccc2nc(OC3CCC(C(C)(C)C)CC3)ccc2c1. The van der Waals surface area contributed by atoms with Crippen LogP contribution < -0.4 is 14.2 Å². The second-order valence-corrected chi connectivity index (χ2v) is 22.1. The molecule has 9 heteroatoms. The molecule has 1 aromatic carbocycles. The van der Waals surface area contributed by atoms with Gasteiger partial charge in [0.2, 0.25) is 5.88 Å². The van der Waals surface area contributed by atoms with E-state index in [1.54, 1.807) is 0 Å². The summed E-state index contributed by atoms with van der Waals surface area (Å²) in [5.41, 5.74) is 0.354. The maximum Gasteiger partial charge on any atom is 0.278 e. The predicted octanol–water partition coefficient (Wildman–Crippen LogP) is 7.68. The summed E-state index contributed by atoms with van der Waals surface area (Å²) >= 11 is 0. The predicted molar refractivity (Wildman–Crippen MR) is 173 cm³/mol. The van der Waals surface area contributed by atoms with E-state index in [-0.39, 0.29) is 17.7 Å². The summed E-state index contributed by atoms with van der Waals surface area (Å²) in [5.74, 6) is 1.37. The van der Waals surface area contributed by atoms with E-state index in [0.717, 1.165) is 35.2 Å². The zero-order valence-electron chi connectivity index (χ0n) is 27.6. The molecule has 1 aromatic heterocycles. The van der Waals surface area contributed by atoms with Gasteiger partial charge in [-0.15, -0.1) is 0 Å². The van der Waals surface area contributed by atoms with Crippen molar-refractivity contribution in [2.75, 3.05) is 6.61 Å². The van der Waals surface area contributed by atoms with Crippen LogP contribution in [-0.4, -0.2) is 40.0 Å². The summed E-state index contributed by atoms with van der Waals surface area (Å²) < 4.78 is 45.0. The van der Waals surface area contributed by atoms with Gasteiger partial charge in [-0.25, -0.2) is 4.98 Å². The van der Waals surface area contributed by atoms with Gasteiger partial charge in [0, 0.05) is 17.0 Å². The van der Waals surface area contributed by atoms with Gasteiger partial charge in [0.15, 0.2) is 8.32 Å². The largest absolute Gasteiger partial charge is 0.474 e. The van der Waals surface area contributed by atoms with Crippen molar-refractivity contribution in [3.8, 4) is 5.88 Å². The number of pyridine rings is 1. The van der Waals surface area contributed by atoms with E-state index >= 15 is 0 Å². The molecule has 0 unspecified atom stereocenters. The molecule has 1 heterocycles. The monoisotopic (exact) mass is 605 g/mol. The maximum atomic E-state index is 13.2. The fraction of sp³-hybridized carbons (Fsp3) is 0.719. The van der Waals surface area contributed by atoms with Crippen molar-refractivity contribution in [3.63, 3.8) is 0 Å².